The first-order chi connectivity index (χ1) is 8.27. The fourth-order valence-corrected chi connectivity index (χ4v) is 1.56. The molecule has 0 saturated heterocycles. The quantitative estimate of drug-likeness (QED) is 0.845. The highest BCUT2D eigenvalue weighted by Crippen LogP contribution is 2.06. The molecule has 0 saturated carbocycles. The van der Waals surface area contributed by atoms with Gasteiger partial charge in [-0.05, 0) is 24.6 Å². The molecule has 0 unspecified atom stereocenters. The molecular formula is C12H17N5. The second-order valence-corrected chi connectivity index (χ2v) is 4.37. The zero-order valence-corrected chi connectivity index (χ0v) is 10.2. The molecule has 0 bridgehead atoms. The van der Waals surface area contributed by atoms with E-state index in [1.165, 1.54) is 0 Å². The van der Waals surface area contributed by atoms with Crippen molar-refractivity contribution in [1.82, 2.24) is 25.3 Å². The number of nitrogens with one attached hydrogen (secondary N) is 1. The Kier molecular flexibility index (Phi) is 3.82. The fourth-order valence-electron chi connectivity index (χ4n) is 1.56. The van der Waals surface area contributed by atoms with E-state index in [4.69, 9.17) is 0 Å². The van der Waals surface area contributed by atoms with E-state index in [0.29, 0.717) is 5.92 Å². The smallest absolute Gasteiger partial charge is 0.0850 e. The van der Waals surface area contributed by atoms with E-state index < -0.39 is 0 Å². The van der Waals surface area contributed by atoms with E-state index in [-0.39, 0.29) is 0 Å². The number of hydrogen-bond donors (Lipinski definition) is 1. The summed E-state index contributed by atoms with van der Waals surface area (Å²) in [6.07, 6.45) is 5.30. The predicted molar refractivity (Wildman–Crippen MR) is 65.7 cm³/mol. The summed E-state index contributed by atoms with van der Waals surface area (Å²) in [7, 11) is 0. The molecule has 90 valence electrons. The van der Waals surface area contributed by atoms with Crippen LogP contribution in [0.2, 0.25) is 0 Å². The van der Waals surface area contributed by atoms with Crippen molar-refractivity contribution < 1.29 is 0 Å². The molecule has 0 radical (unpaired) electrons. The minimum atomic E-state index is 0.637. The van der Waals surface area contributed by atoms with Crippen molar-refractivity contribution in [1.29, 1.82) is 0 Å². The number of nitrogens with zero attached hydrogens (tertiary/aromatic N) is 4. The lowest BCUT2D eigenvalue weighted by Crippen LogP contribution is -2.20. The third kappa shape index (κ3) is 3.10. The summed E-state index contributed by atoms with van der Waals surface area (Å²) < 4.78 is 1.81. The molecule has 0 aliphatic carbocycles. The first-order valence-electron chi connectivity index (χ1n) is 5.78. The summed E-state index contributed by atoms with van der Waals surface area (Å²) in [5, 5.41) is 11.4. The molecule has 0 aromatic carbocycles. The van der Waals surface area contributed by atoms with E-state index in [1.807, 2.05) is 12.1 Å². The first kappa shape index (κ1) is 11.7. The molecule has 0 spiro atoms. The third-order valence-electron chi connectivity index (χ3n) is 2.37. The van der Waals surface area contributed by atoms with Gasteiger partial charge in [-0.2, -0.15) is 0 Å². The summed E-state index contributed by atoms with van der Waals surface area (Å²) in [6.45, 7) is 6.12. The van der Waals surface area contributed by atoms with Crippen LogP contribution in [0.5, 0.6) is 0 Å². The molecule has 5 heteroatoms. The molecule has 0 aliphatic rings. The average molecular weight is 231 g/mol. The third-order valence-corrected chi connectivity index (χ3v) is 2.37. The van der Waals surface area contributed by atoms with Crippen molar-refractivity contribution in [3.05, 3.63) is 36.4 Å². The lowest BCUT2D eigenvalue weighted by atomic mass is 10.2. The fraction of sp³-hybridized carbons (Fsp3) is 0.417. The van der Waals surface area contributed by atoms with E-state index in [2.05, 4.69) is 34.5 Å². The van der Waals surface area contributed by atoms with Gasteiger partial charge in [-0.1, -0.05) is 19.1 Å². The average Bonchev–Trinajstić information content (AvgIpc) is 2.78. The van der Waals surface area contributed by atoms with Crippen molar-refractivity contribution in [2.75, 3.05) is 6.54 Å². The molecule has 5 nitrogen and oxygen atoms in total. The van der Waals surface area contributed by atoms with Crippen LogP contribution in [0.4, 0.5) is 0 Å². The monoisotopic (exact) mass is 231 g/mol. The largest absolute Gasteiger partial charge is 0.311 e. The summed E-state index contributed by atoms with van der Waals surface area (Å²) in [5.74, 6) is 0.637. The van der Waals surface area contributed by atoms with Gasteiger partial charge in [-0.3, -0.25) is 4.98 Å². The Labute approximate surface area is 101 Å². The zero-order chi connectivity index (χ0) is 12.1. The molecule has 0 amide bonds. The Morgan fingerprint density at radius 3 is 2.94 bits per heavy atom. The van der Waals surface area contributed by atoms with Crippen LogP contribution >= 0.6 is 0 Å². The topological polar surface area (TPSA) is 55.6 Å². The summed E-state index contributed by atoms with van der Waals surface area (Å²) in [4.78, 5) is 4.08. The lowest BCUT2D eigenvalue weighted by Gasteiger charge is -2.08. The molecule has 2 aromatic heterocycles. The van der Waals surface area contributed by atoms with Crippen molar-refractivity contribution >= 4 is 0 Å². The Balaban J connectivity index is 2.07. The molecular weight excluding hydrogens is 214 g/mol. The Morgan fingerprint density at radius 1 is 1.35 bits per heavy atom. The standard InChI is InChI=1S/C12H17N5/c1-10(2)6-14-8-12-9-15-16-17(12)11-4-3-5-13-7-11/h3-5,7,9-10,14H,6,8H2,1-2H3. The second-order valence-electron chi connectivity index (χ2n) is 4.37. The predicted octanol–water partition coefficient (Wildman–Crippen LogP) is 1.41. The van der Waals surface area contributed by atoms with Gasteiger partial charge in [0, 0.05) is 12.7 Å². The molecule has 0 atom stereocenters. The van der Waals surface area contributed by atoms with Crippen LogP contribution < -0.4 is 5.32 Å². The van der Waals surface area contributed by atoms with Gasteiger partial charge in [0.2, 0.25) is 0 Å². The molecule has 0 fully saturated rings. The van der Waals surface area contributed by atoms with Crippen molar-refractivity contribution in [2.24, 2.45) is 5.92 Å². The highest BCUT2D eigenvalue weighted by Gasteiger charge is 2.05. The molecule has 2 rings (SSSR count). The number of hydrogen-bond acceptors (Lipinski definition) is 4. The number of pyridine rings is 1. The number of aromatic nitrogens is 4. The van der Waals surface area contributed by atoms with Gasteiger partial charge in [0.25, 0.3) is 0 Å². The Bertz CT molecular complexity index is 449. The van der Waals surface area contributed by atoms with Crippen LogP contribution in [0, 0.1) is 5.92 Å². The molecule has 0 aliphatic heterocycles. The first-order valence-corrected chi connectivity index (χ1v) is 5.78. The highest BCUT2D eigenvalue weighted by atomic mass is 15.4. The van der Waals surface area contributed by atoms with E-state index in [1.54, 1.807) is 23.3 Å². The van der Waals surface area contributed by atoms with Crippen molar-refractivity contribution in [3.63, 3.8) is 0 Å². The van der Waals surface area contributed by atoms with E-state index >= 15 is 0 Å². The number of rotatable bonds is 5. The van der Waals surface area contributed by atoms with Gasteiger partial charge in [-0.15, -0.1) is 5.10 Å². The van der Waals surface area contributed by atoms with Gasteiger partial charge in [0.05, 0.1) is 23.8 Å². The zero-order valence-electron chi connectivity index (χ0n) is 10.2. The van der Waals surface area contributed by atoms with Gasteiger partial charge < -0.3 is 5.32 Å². The van der Waals surface area contributed by atoms with E-state index in [9.17, 15) is 0 Å². The second kappa shape index (κ2) is 5.54. The van der Waals surface area contributed by atoms with Crippen LogP contribution in [0.25, 0.3) is 5.69 Å². The van der Waals surface area contributed by atoms with Crippen molar-refractivity contribution in [3.8, 4) is 5.69 Å². The molecule has 17 heavy (non-hydrogen) atoms. The SMILES string of the molecule is CC(C)CNCc1cnnn1-c1cccnc1. The Morgan fingerprint density at radius 2 is 2.24 bits per heavy atom. The van der Waals surface area contributed by atoms with Crippen LogP contribution in [-0.2, 0) is 6.54 Å². The Hall–Kier alpha value is -1.75. The maximum absolute atomic E-state index is 4.08. The maximum atomic E-state index is 4.08. The van der Waals surface area contributed by atoms with Crippen LogP contribution in [-0.4, -0.2) is 26.5 Å². The lowest BCUT2D eigenvalue weighted by molar-refractivity contribution is 0.542. The van der Waals surface area contributed by atoms with Crippen LogP contribution in [0.1, 0.15) is 19.5 Å². The van der Waals surface area contributed by atoms with Crippen molar-refractivity contribution in [2.45, 2.75) is 20.4 Å². The minimum Gasteiger partial charge on any atom is -0.311 e. The minimum absolute atomic E-state index is 0.637. The molecule has 2 aromatic rings. The summed E-state index contributed by atoms with van der Waals surface area (Å²) >= 11 is 0. The molecule has 2 heterocycles. The normalized spacial score (nSPS) is 11.0. The van der Waals surface area contributed by atoms with Gasteiger partial charge >= 0.3 is 0 Å². The van der Waals surface area contributed by atoms with E-state index in [0.717, 1.165) is 24.5 Å². The highest BCUT2D eigenvalue weighted by molar-refractivity contribution is 5.27. The molecule has 1 N–H and O–H groups in total. The summed E-state index contributed by atoms with van der Waals surface area (Å²) in [6, 6.07) is 3.86. The van der Waals surface area contributed by atoms with Gasteiger partial charge in [0.1, 0.15) is 0 Å². The van der Waals surface area contributed by atoms with Crippen LogP contribution in [0.3, 0.4) is 0 Å². The van der Waals surface area contributed by atoms with Gasteiger partial charge in [0.15, 0.2) is 0 Å². The van der Waals surface area contributed by atoms with Gasteiger partial charge in [-0.25, -0.2) is 4.68 Å². The maximum Gasteiger partial charge on any atom is 0.0850 e. The van der Waals surface area contributed by atoms with Crippen LogP contribution in [0.15, 0.2) is 30.7 Å². The summed E-state index contributed by atoms with van der Waals surface area (Å²) in [5.41, 5.74) is 1.98.